The molecule has 0 saturated carbocycles. The van der Waals surface area contributed by atoms with E-state index >= 15 is 0 Å². The Morgan fingerprint density at radius 3 is 1.81 bits per heavy atom. The highest BCUT2D eigenvalue weighted by Crippen LogP contribution is 2.38. The lowest BCUT2D eigenvalue weighted by Crippen LogP contribution is -2.42. The van der Waals surface area contributed by atoms with Crippen molar-refractivity contribution < 1.29 is 41.0 Å². The van der Waals surface area contributed by atoms with Crippen LogP contribution in [0.1, 0.15) is 60.8 Å². The summed E-state index contributed by atoms with van der Waals surface area (Å²) in [6.07, 6.45) is -11.0. The molecule has 0 heterocycles. The molecule has 0 bridgehead atoms. The van der Waals surface area contributed by atoms with Gasteiger partial charge in [-0.3, -0.25) is 4.79 Å². The highest BCUT2D eigenvalue weighted by atomic mass is 19.4. The number of carbonyl (C=O) groups excluding carboxylic acids is 1. The molecule has 0 radical (unpaired) electrons. The van der Waals surface area contributed by atoms with Crippen molar-refractivity contribution >= 4 is 5.97 Å². The van der Waals surface area contributed by atoms with Crippen molar-refractivity contribution in [3.8, 4) is 0 Å². The smallest absolute Gasteiger partial charge is 0.416 e. The Bertz CT molecular complexity index is 477. The van der Waals surface area contributed by atoms with Crippen LogP contribution in [0.5, 0.6) is 0 Å². The van der Waals surface area contributed by atoms with E-state index in [1.807, 2.05) is 0 Å². The van der Waals surface area contributed by atoms with E-state index < -0.39 is 59.9 Å². The molecule has 0 aliphatic heterocycles. The van der Waals surface area contributed by atoms with Gasteiger partial charge in [-0.2, -0.15) is 26.3 Å². The van der Waals surface area contributed by atoms with Crippen LogP contribution in [-0.2, 0) is 9.53 Å². The van der Waals surface area contributed by atoms with Crippen molar-refractivity contribution in [2.75, 3.05) is 6.61 Å². The Morgan fingerprint density at radius 1 is 0.963 bits per heavy atom. The molecule has 0 spiro atoms. The molecule has 0 aliphatic rings. The number of aliphatic hydroxyl groups is 1. The minimum atomic E-state index is -4.82. The van der Waals surface area contributed by atoms with Gasteiger partial charge in [0.05, 0.1) is 6.61 Å². The lowest BCUT2D eigenvalue weighted by molar-refractivity contribution is -0.256. The molecule has 1 N–H and O–H groups in total. The van der Waals surface area contributed by atoms with Crippen molar-refractivity contribution in [2.24, 2.45) is 23.2 Å². The molecule has 4 atom stereocenters. The summed E-state index contributed by atoms with van der Waals surface area (Å²) in [7, 11) is 0. The second-order valence-corrected chi connectivity index (χ2v) is 8.76. The maximum Gasteiger partial charge on any atom is 0.416 e. The third-order valence-electron chi connectivity index (χ3n) is 4.60. The number of ether oxygens (including phenoxy) is 1. The minimum Gasteiger partial charge on any atom is -0.465 e. The first-order chi connectivity index (χ1) is 11.8. The van der Waals surface area contributed by atoms with Gasteiger partial charge in [0.15, 0.2) is 11.5 Å². The summed E-state index contributed by atoms with van der Waals surface area (Å²) in [5, 5.41) is 9.45. The summed E-state index contributed by atoms with van der Waals surface area (Å²) in [5.41, 5.74) is -3.40. The van der Waals surface area contributed by atoms with Gasteiger partial charge in [0.25, 0.3) is 0 Å². The van der Waals surface area contributed by atoms with Crippen LogP contribution < -0.4 is 0 Å². The topological polar surface area (TPSA) is 46.5 Å². The quantitative estimate of drug-likeness (QED) is 0.426. The molecular formula is C18H30F6O3. The van der Waals surface area contributed by atoms with E-state index in [0.29, 0.717) is 6.92 Å². The molecular weight excluding hydrogens is 378 g/mol. The van der Waals surface area contributed by atoms with Crippen molar-refractivity contribution in [3.05, 3.63) is 0 Å². The predicted molar refractivity (Wildman–Crippen MR) is 88.8 cm³/mol. The zero-order valence-electron chi connectivity index (χ0n) is 16.6. The first-order valence-electron chi connectivity index (χ1n) is 8.80. The fourth-order valence-electron chi connectivity index (χ4n) is 2.29. The second-order valence-electron chi connectivity index (χ2n) is 8.76. The molecule has 162 valence electrons. The number of alkyl halides is 6. The van der Waals surface area contributed by atoms with Gasteiger partial charge in [-0.1, -0.05) is 34.6 Å². The van der Waals surface area contributed by atoms with Crippen LogP contribution in [0, 0.1) is 23.2 Å². The molecule has 27 heavy (non-hydrogen) atoms. The largest absolute Gasteiger partial charge is 0.465 e. The Morgan fingerprint density at radius 2 is 1.44 bits per heavy atom. The van der Waals surface area contributed by atoms with Crippen LogP contribution >= 0.6 is 0 Å². The van der Waals surface area contributed by atoms with E-state index in [4.69, 9.17) is 4.74 Å². The Labute approximate surface area is 156 Å². The fraction of sp³-hybridized carbons (Fsp3) is 0.944. The maximum atomic E-state index is 13.3. The van der Waals surface area contributed by atoms with Gasteiger partial charge in [-0.05, 0) is 43.4 Å². The van der Waals surface area contributed by atoms with Crippen LogP contribution in [0.4, 0.5) is 26.3 Å². The van der Waals surface area contributed by atoms with Gasteiger partial charge in [0.2, 0.25) is 0 Å². The summed E-state index contributed by atoms with van der Waals surface area (Å²) < 4.78 is 82.6. The summed E-state index contributed by atoms with van der Waals surface area (Å²) in [4.78, 5) is 11.9. The first kappa shape index (κ1) is 26.0. The Balaban J connectivity index is 4.95. The molecule has 9 heteroatoms. The average Bonchev–Trinajstić information content (AvgIpc) is 2.44. The predicted octanol–water partition coefficient (Wildman–Crippen LogP) is 5.51. The number of carbonyl (C=O) groups is 1. The lowest BCUT2D eigenvalue weighted by Gasteiger charge is -2.30. The van der Waals surface area contributed by atoms with Crippen molar-refractivity contribution in [2.45, 2.75) is 78.8 Å². The molecule has 0 saturated heterocycles. The molecule has 4 unspecified atom stereocenters. The van der Waals surface area contributed by atoms with Crippen LogP contribution in [0.15, 0.2) is 0 Å². The second kappa shape index (κ2) is 9.01. The molecule has 0 rings (SSSR count). The van der Waals surface area contributed by atoms with E-state index in [1.54, 1.807) is 20.8 Å². The summed E-state index contributed by atoms with van der Waals surface area (Å²) >= 11 is 0. The Kier molecular flexibility index (Phi) is 8.68. The zero-order valence-corrected chi connectivity index (χ0v) is 16.6. The average molecular weight is 408 g/mol. The first-order valence-corrected chi connectivity index (χ1v) is 8.80. The van der Waals surface area contributed by atoms with E-state index in [1.165, 1.54) is 13.8 Å². The summed E-state index contributed by atoms with van der Waals surface area (Å²) in [6.45, 7) is 8.54. The molecule has 0 aromatic carbocycles. The molecule has 0 amide bonds. The summed E-state index contributed by atoms with van der Waals surface area (Å²) in [6, 6.07) is 0. The highest BCUT2D eigenvalue weighted by Gasteiger charge is 2.50. The van der Waals surface area contributed by atoms with Gasteiger partial charge < -0.3 is 9.84 Å². The van der Waals surface area contributed by atoms with Crippen molar-refractivity contribution in [1.82, 2.24) is 0 Å². The van der Waals surface area contributed by atoms with Gasteiger partial charge >= 0.3 is 18.3 Å². The molecule has 0 aromatic heterocycles. The third-order valence-corrected chi connectivity index (χ3v) is 4.60. The zero-order chi connectivity index (χ0) is 21.8. The minimum absolute atomic E-state index is 0.130. The monoisotopic (exact) mass is 408 g/mol. The maximum absolute atomic E-state index is 13.3. The number of hydrogen-bond donors (Lipinski definition) is 1. The Hall–Kier alpha value is -0.990. The van der Waals surface area contributed by atoms with Gasteiger partial charge in [0, 0.05) is 0 Å². The molecule has 0 aliphatic carbocycles. The lowest BCUT2D eigenvalue weighted by atomic mass is 9.82. The summed E-state index contributed by atoms with van der Waals surface area (Å²) in [5.74, 6) is -4.96. The van der Waals surface area contributed by atoms with Gasteiger partial charge in [-0.25, -0.2) is 0 Å². The van der Waals surface area contributed by atoms with Gasteiger partial charge in [0.1, 0.15) is 0 Å². The van der Waals surface area contributed by atoms with Crippen LogP contribution in [0.25, 0.3) is 0 Å². The molecule has 0 aromatic rings. The van der Waals surface area contributed by atoms with Gasteiger partial charge in [-0.15, -0.1) is 0 Å². The standard InChI is InChI=1S/C18H30F6O3/c1-11(7-8-16(6,26)18(22,23)24)12(2)9-13(17(19,20)21)14(25)27-10-15(3,4)5/h11-13,26H,7-10H2,1-6H3. The van der Waals surface area contributed by atoms with Crippen molar-refractivity contribution in [1.29, 1.82) is 0 Å². The van der Waals surface area contributed by atoms with Crippen molar-refractivity contribution in [3.63, 3.8) is 0 Å². The normalized spacial score (nSPS) is 19.1. The fourth-order valence-corrected chi connectivity index (χ4v) is 2.29. The number of halogens is 6. The number of hydrogen-bond acceptors (Lipinski definition) is 3. The van der Waals surface area contributed by atoms with Crippen LogP contribution in [0.2, 0.25) is 0 Å². The van der Waals surface area contributed by atoms with Crippen LogP contribution in [0.3, 0.4) is 0 Å². The van der Waals surface area contributed by atoms with E-state index in [-0.39, 0.29) is 13.0 Å². The van der Waals surface area contributed by atoms with E-state index in [0.717, 1.165) is 0 Å². The molecule has 3 nitrogen and oxygen atoms in total. The number of rotatable bonds is 8. The number of esters is 1. The van der Waals surface area contributed by atoms with E-state index in [9.17, 15) is 36.2 Å². The molecule has 0 fully saturated rings. The third kappa shape index (κ3) is 9.17. The SMILES string of the molecule is CC(CCC(C)(O)C(F)(F)F)C(C)CC(C(=O)OCC(C)(C)C)C(F)(F)F. The highest BCUT2D eigenvalue weighted by molar-refractivity contribution is 5.73. The van der Waals surface area contributed by atoms with E-state index in [2.05, 4.69) is 0 Å². The van der Waals surface area contributed by atoms with Crippen LogP contribution in [-0.4, -0.2) is 35.6 Å².